The number of carbonyl (C=O) groups excluding carboxylic acids is 1. The molecule has 0 aliphatic heterocycles. The van der Waals surface area contributed by atoms with Crippen LogP contribution in [0.5, 0.6) is 5.75 Å². The topological polar surface area (TPSA) is 38.3 Å². The summed E-state index contributed by atoms with van der Waals surface area (Å²) in [7, 11) is 0. The number of rotatable bonds is 5. The molecule has 0 aliphatic rings. The second kappa shape index (κ2) is 7.52. The van der Waals surface area contributed by atoms with E-state index in [-0.39, 0.29) is 5.91 Å². The molecule has 1 amide bonds. The van der Waals surface area contributed by atoms with Crippen LogP contribution >= 0.6 is 23.2 Å². The molecule has 0 radical (unpaired) electrons. The highest BCUT2D eigenvalue weighted by Gasteiger charge is 2.19. The fourth-order valence-electron chi connectivity index (χ4n) is 1.98. The Morgan fingerprint density at radius 2 is 2.00 bits per heavy atom. The van der Waals surface area contributed by atoms with Gasteiger partial charge in [-0.2, -0.15) is 0 Å². The van der Waals surface area contributed by atoms with Crippen LogP contribution in [0.25, 0.3) is 0 Å². The van der Waals surface area contributed by atoms with Gasteiger partial charge in [0.25, 0.3) is 5.91 Å². The van der Waals surface area contributed by atoms with E-state index in [4.69, 9.17) is 27.9 Å². The molecule has 1 atom stereocenters. The van der Waals surface area contributed by atoms with Gasteiger partial charge in [0, 0.05) is 5.02 Å². The average molecular weight is 338 g/mol. The molecule has 0 spiro atoms. The molecule has 0 bridgehead atoms. The van der Waals surface area contributed by atoms with Gasteiger partial charge in [-0.05, 0) is 49.2 Å². The lowest BCUT2D eigenvalue weighted by molar-refractivity contribution is -0.122. The fourth-order valence-corrected chi connectivity index (χ4v) is 2.32. The number of hydrogen-bond acceptors (Lipinski definition) is 2. The molecule has 2 aromatic rings. The Bertz CT molecular complexity index is 673. The van der Waals surface area contributed by atoms with Gasteiger partial charge in [-0.1, -0.05) is 42.3 Å². The molecule has 0 fully saturated rings. The van der Waals surface area contributed by atoms with E-state index in [1.807, 2.05) is 38.1 Å². The van der Waals surface area contributed by atoms with Crippen LogP contribution < -0.4 is 10.1 Å². The zero-order chi connectivity index (χ0) is 16.1. The van der Waals surface area contributed by atoms with Crippen molar-refractivity contribution in [1.82, 2.24) is 0 Å². The Labute approximate surface area is 140 Å². The van der Waals surface area contributed by atoms with Crippen molar-refractivity contribution in [2.45, 2.75) is 26.4 Å². The van der Waals surface area contributed by atoms with Crippen molar-refractivity contribution in [2.75, 3.05) is 5.32 Å². The summed E-state index contributed by atoms with van der Waals surface area (Å²) in [5, 5.41) is 3.70. The second-order valence-electron chi connectivity index (χ2n) is 4.94. The highest BCUT2D eigenvalue weighted by atomic mass is 35.5. The zero-order valence-electron chi connectivity index (χ0n) is 12.4. The molecule has 0 aliphatic carbocycles. The first-order valence-corrected chi connectivity index (χ1v) is 7.74. The summed E-state index contributed by atoms with van der Waals surface area (Å²) in [6.07, 6.45) is -0.0605. The third kappa shape index (κ3) is 4.39. The molecular weight excluding hydrogens is 321 g/mol. The summed E-state index contributed by atoms with van der Waals surface area (Å²) in [5.41, 5.74) is 1.55. The SMILES string of the molecule is CC[C@H](Oc1cccc(C)c1)C(=O)Nc1cc(Cl)ccc1Cl. The maximum atomic E-state index is 12.4. The van der Waals surface area contributed by atoms with Crippen molar-refractivity contribution in [3.8, 4) is 5.75 Å². The molecule has 116 valence electrons. The first-order chi connectivity index (χ1) is 10.5. The smallest absolute Gasteiger partial charge is 0.265 e. The number of halogens is 2. The Morgan fingerprint density at radius 3 is 2.68 bits per heavy atom. The molecule has 22 heavy (non-hydrogen) atoms. The second-order valence-corrected chi connectivity index (χ2v) is 5.79. The first kappa shape index (κ1) is 16.7. The largest absolute Gasteiger partial charge is 0.481 e. The summed E-state index contributed by atoms with van der Waals surface area (Å²) in [5.74, 6) is 0.410. The van der Waals surface area contributed by atoms with E-state index in [1.165, 1.54) is 0 Å². The maximum Gasteiger partial charge on any atom is 0.265 e. The number of benzene rings is 2. The van der Waals surface area contributed by atoms with Gasteiger partial charge in [0.2, 0.25) is 0 Å². The molecule has 0 aromatic heterocycles. The maximum absolute atomic E-state index is 12.4. The highest BCUT2D eigenvalue weighted by molar-refractivity contribution is 6.35. The quantitative estimate of drug-likeness (QED) is 0.824. The minimum Gasteiger partial charge on any atom is -0.481 e. The van der Waals surface area contributed by atoms with Crippen LogP contribution in [0.1, 0.15) is 18.9 Å². The van der Waals surface area contributed by atoms with Crippen LogP contribution in [0.4, 0.5) is 5.69 Å². The Morgan fingerprint density at radius 1 is 1.23 bits per heavy atom. The number of carbonyl (C=O) groups is 1. The highest BCUT2D eigenvalue weighted by Crippen LogP contribution is 2.26. The molecular formula is C17H17Cl2NO2. The number of ether oxygens (including phenoxy) is 1. The summed E-state index contributed by atoms with van der Waals surface area (Å²) in [4.78, 5) is 12.4. The van der Waals surface area contributed by atoms with Gasteiger partial charge in [0.1, 0.15) is 5.75 Å². The van der Waals surface area contributed by atoms with Gasteiger partial charge in [0.15, 0.2) is 6.10 Å². The lowest BCUT2D eigenvalue weighted by Gasteiger charge is -2.18. The van der Waals surface area contributed by atoms with E-state index in [9.17, 15) is 4.79 Å². The Kier molecular flexibility index (Phi) is 5.69. The van der Waals surface area contributed by atoms with E-state index in [0.717, 1.165) is 5.56 Å². The van der Waals surface area contributed by atoms with Crippen molar-refractivity contribution in [2.24, 2.45) is 0 Å². The predicted molar refractivity (Wildman–Crippen MR) is 91.0 cm³/mol. The molecule has 2 rings (SSSR count). The van der Waals surface area contributed by atoms with Crippen LogP contribution in [0.15, 0.2) is 42.5 Å². The van der Waals surface area contributed by atoms with Crippen LogP contribution in [0.3, 0.4) is 0 Å². The summed E-state index contributed by atoms with van der Waals surface area (Å²) in [6, 6.07) is 12.5. The number of anilines is 1. The monoisotopic (exact) mass is 337 g/mol. The van der Waals surface area contributed by atoms with Gasteiger partial charge in [0.05, 0.1) is 10.7 Å². The average Bonchev–Trinajstić information content (AvgIpc) is 2.48. The van der Waals surface area contributed by atoms with Crippen molar-refractivity contribution in [1.29, 1.82) is 0 Å². The minimum atomic E-state index is -0.600. The third-order valence-corrected chi connectivity index (χ3v) is 3.68. The summed E-state index contributed by atoms with van der Waals surface area (Å²) < 4.78 is 5.76. The zero-order valence-corrected chi connectivity index (χ0v) is 13.9. The van der Waals surface area contributed by atoms with Gasteiger partial charge >= 0.3 is 0 Å². The minimum absolute atomic E-state index is 0.256. The van der Waals surface area contributed by atoms with Gasteiger partial charge in [-0.25, -0.2) is 0 Å². The molecule has 3 nitrogen and oxygen atoms in total. The molecule has 2 aromatic carbocycles. The summed E-state index contributed by atoms with van der Waals surface area (Å²) >= 11 is 12.0. The molecule has 1 N–H and O–H groups in total. The van der Waals surface area contributed by atoms with E-state index in [2.05, 4.69) is 5.32 Å². The number of nitrogens with one attached hydrogen (secondary N) is 1. The Balaban J connectivity index is 2.10. The van der Waals surface area contributed by atoms with E-state index in [0.29, 0.717) is 27.9 Å². The van der Waals surface area contributed by atoms with Gasteiger partial charge in [-0.3, -0.25) is 4.79 Å². The number of aryl methyl sites for hydroxylation is 1. The lowest BCUT2D eigenvalue weighted by Crippen LogP contribution is -2.32. The molecule has 5 heteroatoms. The van der Waals surface area contributed by atoms with E-state index < -0.39 is 6.10 Å². The third-order valence-electron chi connectivity index (χ3n) is 3.12. The predicted octanol–water partition coefficient (Wildman–Crippen LogP) is 5.10. The molecule has 0 saturated carbocycles. The molecule has 0 unspecified atom stereocenters. The molecule has 0 heterocycles. The van der Waals surface area contributed by atoms with Crippen LogP contribution in [0, 0.1) is 6.92 Å². The van der Waals surface area contributed by atoms with Crippen molar-refractivity contribution in [3.05, 3.63) is 58.1 Å². The van der Waals surface area contributed by atoms with Gasteiger partial charge in [-0.15, -0.1) is 0 Å². The fraction of sp³-hybridized carbons (Fsp3) is 0.235. The van der Waals surface area contributed by atoms with Crippen molar-refractivity contribution in [3.63, 3.8) is 0 Å². The van der Waals surface area contributed by atoms with Crippen LogP contribution in [-0.2, 0) is 4.79 Å². The van der Waals surface area contributed by atoms with Crippen LogP contribution in [-0.4, -0.2) is 12.0 Å². The standard InChI is InChI=1S/C17H17Cl2NO2/c1-3-16(22-13-6-4-5-11(2)9-13)17(21)20-15-10-12(18)7-8-14(15)19/h4-10,16H,3H2,1-2H3,(H,20,21)/t16-/m0/s1. The van der Waals surface area contributed by atoms with Crippen molar-refractivity contribution >= 4 is 34.8 Å². The number of amides is 1. The Hall–Kier alpha value is -1.71. The van der Waals surface area contributed by atoms with Crippen molar-refractivity contribution < 1.29 is 9.53 Å². The lowest BCUT2D eigenvalue weighted by atomic mass is 10.2. The first-order valence-electron chi connectivity index (χ1n) is 6.99. The normalized spacial score (nSPS) is 11.8. The van der Waals surface area contributed by atoms with Gasteiger partial charge < -0.3 is 10.1 Å². The van der Waals surface area contributed by atoms with E-state index in [1.54, 1.807) is 18.2 Å². The summed E-state index contributed by atoms with van der Waals surface area (Å²) in [6.45, 7) is 3.86. The number of hydrogen-bond donors (Lipinski definition) is 1. The van der Waals surface area contributed by atoms with E-state index >= 15 is 0 Å². The molecule has 0 saturated heterocycles. The van der Waals surface area contributed by atoms with Crippen LogP contribution in [0.2, 0.25) is 10.0 Å².